The molecular weight excluding hydrogens is 402 g/mol. The van der Waals surface area contributed by atoms with E-state index < -0.39 is 18.4 Å². The summed E-state index contributed by atoms with van der Waals surface area (Å²) in [6, 6.07) is 7.66. The van der Waals surface area contributed by atoms with Crippen LogP contribution in [0.4, 0.5) is 0 Å². The molecule has 9 heteroatoms. The molecule has 0 spiro atoms. The van der Waals surface area contributed by atoms with Gasteiger partial charge in [0.05, 0.1) is 12.1 Å². The Morgan fingerprint density at radius 3 is 2.65 bits per heavy atom. The van der Waals surface area contributed by atoms with Gasteiger partial charge in [0, 0.05) is 23.2 Å². The number of nitrogens with one attached hydrogen (secondary N) is 1. The Hall–Kier alpha value is -3.88. The smallest absolute Gasteiger partial charge is 0.341 e. The van der Waals surface area contributed by atoms with E-state index in [1.54, 1.807) is 18.2 Å². The van der Waals surface area contributed by atoms with Crippen LogP contribution in [0.1, 0.15) is 50.8 Å². The largest absolute Gasteiger partial charge is 0.507 e. The SMILES string of the molecule is CCCc1c(OCC(=O)O)ccc(C(=O)CN2Cc3cc(C(=N)N)ccc3C2=O)c1O. The summed E-state index contributed by atoms with van der Waals surface area (Å²) in [7, 11) is 0. The Morgan fingerprint density at radius 2 is 2.00 bits per heavy atom. The van der Waals surface area contributed by atoms with E-state index in [-0.39, 0.29) is 41.9 Å². The predicted molar refractivity (Wildman–Crippen MR) is 112 cm³/mol. The standard InChI is InChI=1S/C22H23N3O6/c1-2-3-16-18(31-11-19(27)28)7-6-15(20(16)29)17(26)10-25-9-13-8-12(21(23)24)4-5-14(13)22(25)30/h4-8,29H,2-3,9-11H2,1H3,(H3,23,24)(H,27,28). The number of benzene rings is 2. The van der Waals surface area contributed by atoms with Gasteiger partial charge in [0.1, 0.15) is 17.3 Å². The summed E-state index contributed by atoms with van der Waals surface area (Å²) in [6.45, 7) is 1.28. The molecule has 0 aliphatic carbocycles. The van der Waals surface area contributed by atoms with E-state index >= 15 is 0 Å². The van der Waals surface area contributed by atoms with Crippen LogP contribution < -0.4 is 10.5 Å². The van der Waals surface area contributed by atoms with Gasteiger partial charge in [0.25, 0.3) is 5.91 Å². The number of ketones is 1. The highest BCUT2D eigenvalue weighted by atomic mass is 16.5. The second kappa shape index (κ2) is 8.86. The van der Waals surface area contributed by atoms with Crippen molar-refractivity contribution in [3.05, 3.63) is 58.1 Å². The minimum atomic E-state index is -1.15. The number of hydrogen-bond acceptors (Lipinski definition) is 6. The van der Waals surface area contributed by atoms with Gasteiger partial charge >= 0.3 is 5.97 Å². The first-order valence-corrected chi connectivity index (χ1v) is 9.72. The van der Waals surface area contributed by atoms with Crippen molar-refractivity contribution in [1.29, 1.82) is 5.41 Å². The van der Waals surface area contributed by atoms with Crippen LogP contribution in [0.3, 0.4) is 0 Å². The number of carboxylic acid groups (broad SMARTS) is 1. The fourth-order valence-electron chi connectivity index (χ4n) is 3.54. The average molecular weight is 425 g/mol. The molecule has 0 bridgehead atoms. The summed E-state index contributed by atoms with van der Waals surface area (Å²) in [6.07, 6.45) is 1.04. The molecule has 1 amide bonds. The van der Waals surface area contributed by atoms with Crippen LogP contribution in [-0.2, 0) is 17.8 Å². The minimum absolute atomic E-state index is 0.0410. The average Bonchev–Trinajstić information content (AvgIpc) is 3.03. The zero-order valence-electron chi connectivity index (χ0n) is 17.0. The molecule has 1 aliphatic heterocycles. The minimum Gasteiger partial charge on any atom is -0.507 e. The number of carbonyl (C=O) groups is 3. The third kappa shape index (κ3) is 4.50. The molecule has 31 heavy (non-hydrogen) atoms. The van der Waals surface area contributed by atoms with Gasteiger partial charge in [0.15, 0.2) is 12.4 Å². The van der Waals surface area contributed by atoms with Gasteiger partial charge < -0.3 is 25.6 Å². The summed E-state index contributed by atoms with van der Waals surface area (Å²) >= 11 is 0. The Morgan fingerprint density at radius 1 is 1.26 bits per heavy atom. The number of carboxylic acids is 1. The van der Waals surface area contributed by atoms with Crippen molar-refractivity contribution in [3.63, 3.8) is 0 Å². The van der Waals surface area contributed by atoms with Gasteiger partial charge in [-0.25, -0.2) is 4.79 Å². The number of fused-ring (bicyclic) bond motifs is 1. The van der Waals surface area contributed by atoms with Crippen molar-refractivity contribution in [2.24, 2.45) is 5.73 Å². The number of amides is 1. The zero-order chi connectivity index (χ0) is 22.7. The fourth-order valence-corrected chi connectivity index (χ4v) is 3.54. The second-order valence-corrected chi connectivity index (χ2v) is 7.24. The summed E-state index contributed by atoms with van der Waals surface area (Å²) in [4.78, 5) is 37.7. The topological polar surface area (TPSA) is 154 Å². The molecule has 0 saturated heterocycles. The number of ether oxygens (including phenoxy) is 1. The van der Waals surface area contributed by atoms with Crippen LogP contribution in [-0.4, -0.2) is 51.8 Å². The summed E-state index contributed by atoms with van der Waals surface area (Å²) in [5.74, 6) is -2.08. The monoisotopic (exact) mass is 425 g/mol. The lowest BCUT2D eigenvalue weighted by atomic mass is 10.0. The Labute approximate surface area is 178 Å². The van der Waals surface area contributed by atoms with E-state index in [9.17, 15) is 19.5 Å². The summed E-state index contributed by atoms with van der Waals surface area (Å²) < 4.78 is 5.23. The van der Waals surface area contributed by atoms with Gasteiger partial charge in [-0.05, 0) is 36.2 Å². The number of nitrogens with zero attached hydrogens (tertiary/aromatic N) is 1. The maximum absolute atomic E-state index is 12.9. The number of aromatic hydroxyl groups is 1. The predicted octanol–water partition coefficient (Wildman–Crippen LogP) is 1.93. The Balaban J connectivity index is 1.81. The molecule has 1 heterocycles. The third-order valence-corrected chi connectivity index (χ3v) is 5.02. The number of nitrogens with two attached hydrogens (primary N) is 1. The number of nitrogen functional groups attached to an aromatic ring is 1. The summed E-state index contributed by atoms with van der Waals surface area (Å²) in [5, 5.41) is 27.0. The Kier molecular flexibility index (Phi) is 6.24. The van der Waals surface area contributed by atoms with Gasteiger partial charge in [-0.2, -0.15) is 0 Å². The highest BCUT2D eigenvalue weighted by Gasteiger charge is 2.30. The van der Waals surface area contributed by atoms with Crippen molar-refractivity contribution < 1.29 is 29.3 Å². The molecule has 2 aromatic carbocycles. The van der Waals surface area contributed by atoms with E-state index in [0.717, 1.165) is 0 Å². The van der Waals surface area contributed by atoms with E-state index in [1.807, 2.05) is 6.92 Å². The van der Waals surface area contributed by atoms with E-state index in [4.69, 9.17) is 21.0 Å². The molecule has 0 atom stereocenters. The summed E-state index contributed by atoms with van der Waals surface area (Å²) in [5.41, 5.74) is 7.53. The quantitative estimate of drug-likeness (QED) is 0.272. The van der Waals surface area contributed by atoms with Gasteiger partial charge in [-0.3, -0.25) is 15.0 Å². The van der Waals surface area contributed by atoms with Gasteiger partial charge in [-0.15, -0.1) is 0 Å². The fraction of sp³-hybridized carbons (Fsp3) is 0.273. The highest BCUT2D eigenvalue weighted by Crippen LogP contribution is 2.33. The lowest BCUT2D eigenvalue weighted by Crippen LogP contribution is -2.30. The van der Waals surface area contributed by atoms with Crippen molar-refractivity contribution in [1.82, 2.24) is 4.90 Å². The Bertz CT molecular complexity index is 1080. The van der Waals surface area contributed by atoms with Crippen LogP contribution in [0.2, 0.25) is 0 Å². The molecule has 9 nitrogen and oxygen atoms in total. The van der Waals surface area contributed by atoms with Crippen molar-refractivity contribution >= 4 is 23.5 Å². The molecule has 162 valence electrons. The van der Waals surface area contributed by atoms with Crippen molar-refractivity contribution in [3.8, 4) is 11.5 Å². The van der Waals surface area contributed by atoms with Crippen LogP contribution in [0, 0.1) is 5.41 Å². The number of Topliss-reactive ketones (excluding diaryl/α,β-unsaturated/α-hetero) is 1. The van der Waals surface area contributed by atoms with Crippen LogP contribution >= 0.6 is 0 Å². The molecule has 0 aromatic heterocycles. The maximum atomic E-state index is 12.9. The number of aliphatic carboxylic acids is 1. The van der Waals surface area contributed by atoms with Gasteiger partial charge in [0.2, 0.25) is 0 Å². The zero-order valence-corrected chi connectivity index (χ0v) is 17.0. The first kappa shape index (κ1) is 21.8. The maximum Gasteiger partial charge on any atom is 0.341 e. The van der Waals surface area contributed by atoms with Crippen LogP contribution in [0.15, 0.2) is 30.3 Å². The number of amidine groups is 1. The first-order valence-electron chi connectivity index (χ1n) is 9.72. The molecule has 5 N–H and O–H groups in total. The number of hydrogen-bond donors (Lipinski definition) is 4. The third-order valence-electron chi connectivity index (χ3n) is 5.02. The molecule has 3 rings (SSSR count). The lowest BCUT2D eigenvalue weighted by Gasteiger charge is -2.17. The van der Waals surface area contributed by atoms with Crippen molar-refractivity contribution in [2.45, 2.75) is 26.3 Å². The van der Waals surface area contributed by atoms with E-state index in [2.05, 4.69) is 0 Å². The number of phenolic OH excluding ortho intramolecular Hbond substituents is 1. The van der Waals surface area contributed by atoms with Crippen molar-refractivity contribution in [2.75, 3.05) is 13.2 Å². The molecule has 0 saturated carbocycles. The normalized spacial score (nSPS) is 12.5. The van der Waals surface area contributed by atoms with E-state index in [1.165, 1.54) is 17.0 Å². The molecule has 0 fully saturated rings. The number of phenols is 1. The van der Waals surface area contributed by atoms with Gasteiger partial charge in [-0.1, -0.05) is 19.4 Å². The second-order valence-electron chi connectivity index (χ2n) is 7.24. The number of rotatable bonds is 9. The molecule has 0 unspecified atom stereocenters. The first-order chi connectivity index (χ1) is 14.7. The molecule has 2 aromatic rings. The molecule has 1 aliphatic rings. The molecule has 0 radical (unpaired) electrons. The number of carbonyl (C=O) groups excluding carboxylic acids is 2. The highest BCUT2D eigenvalue weighted by molar-refractivity contribution is 6.06. The van der Waals surface area contributed by atoms with Crippen LogP contribution in [0.25, 0.3) is 0 Å². The lowest BCUT2D eigenvalue weighted by molar-refractivity contribution is -0.139. The van der Waals surface area contributed by atoms with Crippen LogP contribution in [0.5, 0.6) is 11.5 Å². The van der Waals surface area contributed by atoms with E-state index in [0.29, 0.717) is 35.1 Å². The molecular formula is C22H23N3O6.